The molecule has 0 unspecified atom stereocenters. The van der Waals surface area contributed by atoms with Gasteiger partial charge in [-0.05, 0) is 42.7 Å². The average Bonchev–Trinajstić information content (AvgIpc) is 3.03. The van der Waals surface area contributed by atoms with Crippen LogP contribution in [-0.4, -0.2) is 29.3 Å². The molecule has 0 bridgehead atoms. The first-order valence-electron chi connectivity index (χ1n) is 8.20. The number of carboxylic acid groups (broad SMARTS) is 1. The summed E-state index contributed by atoms with van der Waals surface area (Å²) in [6.07, 6.45) is 3.01. The zero-order chi connectivity index (χ0) is 19.6. The van der Waals surface area contributed by atoms with Gasteiger partial charge in [0.1, 0.15) is 0 Å². The highest BCUT2D eigenvalue weighted by molar-refractivity contribution is 7.92. The van der Waals surface area contributed by atoms with E-state index in [1.165, 1.54) is 18.3 Å². The Morgan fingerprint density at radius 2 is 1.89 bits per heavy atom. The molecule has 0 spiro atoms. The molecule has 7 nitrogen and oxygen atoms in total. The number of nitrogens with zero attached hydrogens (tertiary/aromatic N) is 2. The summed E-state index contributed by atoms with van der Waals surface area (Å²) in [5.74, 6) is -1.18. The number of sulfonamides is 1. The molecule has 0 aliphatic heterocycles. The Bertz CT molecular complexity index is 1090. The molecule has 0 aliphatic rings. The molecule has 3 aromatic rings. The third-order valence-electron chi connectivity index (χ3n) is 4.23. The van der Waals surface area contributed by atoms with Gasteiger partial charge < -0.3 is 5.11 Å². The molecule has 0 radical (unpaired) electrons. The molecule has 3 rings (SSSR count). The number of aromatic carboxylic acids is 1. The number of rotatable bonds is 6. The van der Waals surface area contributed by atoms with Gasteiger partial charge in [0.15, 0.2) is 0 Å². The van der Waals surface area contributed by atoms with Crippen molar-refractivity contribution in [2.45, 2.75) is 25.3 Å². The SMILES string of the molecule is Cc1cc(C(=O)O)cc(S(=O)(=O)Nc2cnn(Cc3ccccc3)c2)c1C. The van der Waals surface area contributed by atoms with E-state index >= 15 is 0 Å². The Balaban J connectivity index is 1.86. The number of hydrogen-bond acceptors (Lipinski definition) is 4. The number of anilines is 1. The molecular formula is C19H19N3O4S. The topological polar surface area (TPSA) is 101 Å². The van der Waals surface area contributed by atoms with E-state index in [9.17, 15) is 18.3 Å². The van der Waals surface area contributed by atoms with Crippen LogP contribution >= 0.6 is 0 Å². The summed E-state index contributed by atoms with van der Waals surface area (Å²) in [6.45, 7) is 3.84. The Kier molecular flexibility index (Phi) is 5.00. The van der Waals surface area contributed by atoms with Crippen LogP contribution in [0.3, 0.4) is 0 Å². The van der Waals surface area contributed by atoms with Crippen LogP contribution in [0.15, 0.2) is 59.8 Å². The maximum atomic E-state index is 12.8. The fourth-order valence-corrected chi connectivity index (χ4v) is 4.08. The lowest BCUT2D eigenvalue weighted by Gasteiger charge is -2.12. The molecule has 0 saturated carbocycles. The first kappa shape index (κ1) is 18.7. The normalized spacial score (nSPS) is 11.3. The molecule has 0 saturated heterocycles. The van der Waals surface area contributed by atoms with E-state index in [0.717, 1.165) is 5.56 Å². The van der Waals surface area contributed by atoms with E-state index in [1.807, 2.05) is 30.3 Å². The number of hydrogen-bond donors (Lipinski definition) is 2. The van der Waals surface area contributed by atoms with Crippen LogP contribution in [-0.2, 0) is 16.6 Å². The molecule has 0 atom stereocenters. The van der Waals surface area contributed by atoms with Gasteiger partial charge >= 0.3 is 5.97 Å². The number of benzene rings is 2. The van der Waals surface area contributed by atoms with E-state index in [0.29, 0.717) is 23.4 Å². The summed E-state index contributed by atoms with van der Waals surface area (Å²) in [5, 5.41) is 13.4. The maximum Gasteiger partial charge on any atom is 0.335 e. The molecule has 8 heteroatoms. The highest BCUT2D eigenvalue weighted by atomic mass is 32.2. The van der Waals surface area contributed by atoms with E-state index in [4.69, 9.17) is 0 Å². The van der Waals surface area contributed by atoms with Crippen LogP contribution in [0.1, 0.15) is 27.0 Å². The van der Waals surface area contributed by atoms with Gasteiger partial charge in [-0.3, -0.25) is 9.40 Å². The molecule has 2 N–H and O–H groups in total. The van der Waals surface area contributed by atoms with Crippen molar-refractivity contribution < 1.29 is 18.3 Å². The lowest BCUT2D eigenvalue weighted by Crippen LogP contribution is -2.15. The lowest BCUT2D eigenvalue weighted by atomic mass is 10.1. The van der Waals surface area contributed by atoms with Gasteiger partial charge in [-0.25, -0.2) is 13.2 Å². The largest absolute Gasteiger partial charge is 0.478 e. The van der Waals surface area contributed by atoms with Crippen molar-refractivity contribution in [3.8, 4) is 0 Å². The Morgan fingerprint density at radius 3 is 2.56 bits per heavy atom. The zero-order valence-electron chi connectivity index (χ0n) is 14.9. The molecule has 1 heterocycles. The smallest absolute Gasteiger partial charge is 0.335 e. The van der Waals surface area contributed by atoms with Gasteiger partial charge in [0.05, 0.1) is 28.9 Å². The fraction of sp³-hybridized carbons (Fsp3) is 0.158. The highest BCUT2D eigenvalue weighted by Crippen LogP contribution is 2.23. The van der Waals surface area contributed by atoms with Crippen LogP contribution in [0.4, 0.5) is 5.69 Å². The molecule has 2 aromatic carbocycles. The van der Waals surface area contributed by atoms with Gasteiger partial charge in [-0.2, -0.15) is 5.10 Å². The predicted octanol–water partition coefficient (Wildman–Crippen LogP) is 3.05. The fourth-order valence-electron chi connectivity index (χ4n) is 2.71. The molecule has 0 aliphatic carbocycles. The summed E-state index contributed by atoms with van der Waals surface area (Å²) < 4.78 is 29.6. The average molecular weight is 385 g/mol. The summed E-state index contributed by atoms with van der Waals surface area (Å²) in [7, 11) is -3.95. The molecule has 27 heavy (non-hydrogen) atoms. The van der Waals surface area contributed by atoms with Crippen molar-refractivity contribution in [1.82, 2.24) is 9.78 Å². The molecule has 1 aromatic heterocycles. The Labute approximate surface area is 157 Å². The van der Waals surface area contributed by atoms with Crippen molar-refractivity contribution in [3.05, 3.63) is 77.1 Å². The molecule has 0 amide bonds. The van der Waals surface area contributed by atoms with Gasteiger partial charge in [0.2, 0.25) is 0 Å². The number of nitrogens with one attached hydrogen (secondary N) is 1. The summed E-state index contributed by atoms with van der Waals surface area (Å²) in [6, 6.07) is 12.3. The van der Waals surface area contributed by atoms with Gasteiger partial charge in [0.25, 0.3) is 10.0 Å². The van der Waals surface area contributed by atoms with Crippen molar-refractivity contribution in [1.29, 1.82) is 0 Å². The first-order chi connectivity index (χ1) is 12.8. The summed E-state index contributed by atoms with van der Waals surface area (Å²) in [4.78, 5) is 11.2. The van der Waals surface area contributed by atoms with E-state index in [1.54, 1.807) is 24.7 Å². The van der Waals surface area contributed by atoms with E-state index in [-0.39, 0.29) is 10.5 Å². The quantitative estimate of drug-likeness (QED) is 0.679. The second-order valence-corrected chi connectivity index (χ2v) is 7.89. The lowest BCUT2D eigenvalue weighted by molar-refractivity contribution is 0.0696. The minimum absolute atomic E-state index is 0.0595. The highest BCUT2D eigenvalue weighted by Gasteiger charge is 2.21. The van der Waals surface area contributed by atoms with E-state index < -0.39 is 16.0 Å². The van der Waals surface area contributed by atoms with Crippen LogP contribution in [0.25, 0.3) is 0 Å². The number of carbonyl (C=O) groups is 1. The predicted molar refractivity (Wildman–Crippen MR) is 101 cm³/mol. The van der Waals surface area contributed by atoms with Gasteiger partial charge in [-0.15, -0.1) is 0 Å². The second kappa shape index (κ2) is 7.24. The Morgan fingerprint density at radius 1 is 1.19 bits per heavy atom. The number of carboxylic acids is 1. The third kappa shape index (κ3) is 4.17. The first-order valence-corrected chi connectivity index (χ1v) is 9.68. The van der Waals surface area contributed by atoms with Crippen LogP contribution in [0.5, 0.6) is 0 Å². The van der Waals surface area contributed by atoms with Gasteiger partial charge in [0, 0.05) is 6.20 Å². The van der Waals surface area contributed by atoms with Gasteiger partial charge in [-0.1, -0.05) is 30.3 Å². The Hall–Kier alpha value is -3.13. The minimum atomic E-state index is -3.95. The summed E-state index contributed by atoms with van der Waals surface area (Å²) >= 11 is 0. The third-order valence-corrected chi connectivity index (χ3v) is 5.74. The summed E-state index contributed by atoms with van der Waals surface area (Å²) in [5.41, 5.74) is 2.37. The van der Waals surface area contributed by atoms with E-state index in [2.05, 4.69) is 9.82 Å². The molecule has 0 fully saturated rings. The standard InChI is InChI=1S/C19H19N3O4S/c1-13-8-16(19(23)24)9-18(14(13)2)27(25,26)21-17-10-20-22(12-17)11-15-6-4-3-5-7-15/h3-10,12,21H,11H2,1-2H3,(H,23,24). The van der Waals surface area contributed by atoms with Crippen molar-refractivity contribution in [2.75, 3.05) is 4.72 Å². The monoisotopic (exact) mass is 385 g/mol. The number of aromatic nitrogens is 2. The molecular weight excluding hydrogens is 366 g/mol. The molecule has 140 valence electrons. The van der Waals surface area contributed by atoms with Crippen LogP contribution in [0.2, 0.25) is 0 Å². The van der Waals surface area contributed by atoms with Crippen LogP contribution in [0, 0.1) is 13.8 Å². The number of aryl methyl sites for hydroxylation is 1. The maximum absolute atomic E-state index is 12.8. The van der Waals surface area contributed by atoms with Crippen molar-refractivity contribution in [2.24, 2.45) is 0 Å². The minimum Gasteiger partial charge on any atom is -0.478 e. The van der Waals surface area contributed by atoms with Crippen molar-refractivity contribution >= 4 is 21.7 Å². The van der Waals surface area contributed by atoms with Crippen molar-refractivity contribution in [3.63, 3.8) is 0 Å². The zero-order valence-corrected chi connectivity index (χ0v) is 15.7. The van der Waals surface area contributed by atoms with Crippen LogP contribution < -0.4 is 4.72 Å². The second-order valence-electron chi connectivity index (χ2n) is 6.24.